The summed E-state index contributed by atoms with van der Waals surface area (Å²) in [5.41, 5.74) is 0.279. The first-order chi connectivity index (χ1) is 9.60. The highest BCUT2D eigenvalue weighted by Gasteiger charge is 2.38. The number of nitrogens with one attached hydrogen (secondary N) is 1. The Kier molecular flexibility index (Phi) is 5.84. The molecule has 4 nitrogen and oxygen atoms in total. The van der Waals surface area contributed by atoms with Crippen LogP contribution in [0.1, 0.15) is 40.5 Å². The Labute approximate surface area is 124 Å². The summed E-state index contributed by atoms with van der Waals surface area (Å²) in [6.07, 6.45) is 2.62. The molecule has 0 spiro atoms. The Morgan fingerprint density at radius 2 is 2.00 bits per heavy atom. The first-order valence-electron chi connectivity index (χ1n) is 8.28. The van der Waals surface area contributed by atoms with E-state index in [1.54, 1.807) is 0 Å². The Bertz CT molecular complexity index is 286. The van der Waals surface area contributed by atoms with Gasteiger partial charge in [-0.15, -0.1) is 0 Å². The van der Waals surface area contributed by atoms with Crippen LogP contribution in [0.25, 0.3) is 0 Å². The fraction of sp³-hybridized carbons (Fsp3) is 1.00. The van der Waals surface area contributed by atoms with E-state index in [0.29, 0.717) is 12.0 Å². The lowest BCUT2D eigenvalue weighted by atomic mass is 9.86. The van der Waals surface area contributed by atoms with Crippen LogP contribution in [0.3, 0.4) is 0 Å². The van der Waals surface area contributed by atoms with Crippen LogP contribution < -0.4 is 5.32 Å². The summed E-state index contributed by atoms with van der Waals surface area (Å²) < 4.78 is 11.4. The first-order valence-corrected chi connectivity index (χ1v) is 8.28. The van der Waals surface area contributed by atoms with E-state index in [2.05, 4.69) is 37.9 Å². The molecule has 0 radical (unpaired) electrons. The molecule has 2 rings (SSSR count). The molecule has 2 heterocycles. The highest BCUT2D eigenvalue weighted by molar-refractivity contribution is 4.98. The molecule has 0 bridgehead atoms. The first kappa shape index (κ1) is 16.2. The maximum Gasteiger partial charge on any atom is 0.0936 e. The summed E-state index contributed by atoms with van der Waals surface area (Å²) in [5, 5.41) is 3.82. The molecular formula is C16H32N2O2. The van der Waals surface area contributed by atoms with Crippen LogP contribution in [0.15, 0.2) is 0 Å². The molecule has 0 aliphatic carbocycles. The molecule has 0 amide bonds. The van der Waals surface area contributed by atoms with Crippen LogP contribution in [0.2, 0.25) is 0 Å². The average molecular weight is 284 g/mol. The smallest absolute Gasteiger partial charge is 0.0936 e. The highest BCUT2D eigenvalue weighted by atomic mass is 16.6. The van der Waals surface area contributed by atoms with Crippen LogP contribution >= 0.6 is 0 Å². The minimum atomic E-state index is 0.245. The molecule has 0 aromatic heterocycles. The van der Waals surface area contributed by atoms with E-state index in [1.807, 2.05) is 0 Å². The van der Waals surface area contributed by atoms with Gasteiger partial charge in [0.2, 0.25) is 0 Å². The monoisotopic (exact) mass is 284 g/mol. The molecular weight excluding hydrogens is 252 g/mol. The van der Waals surface area contributed by atoms with Crippen molar-refractivity contribution in [3.05, 3.63) is 0 Å². The van der Waals surface area contributed by atoms with Crippen molar-refractivity contribution in [3.8, 4) is 0 Å². The number of hydrogen-bond acceptors (Lipinski definition) is 4. The molecule has 0 saturated carbocycles. The van der Waals surface area contributed by atoms with E-state index in [0.717, 1.165) is 39.5 Å². The minimum Gasteiger partial charge on any atom is -0.376 e. The molecule has 2 fully saturated rings. The van der Waals surface area contributed by atoms with Crippen molar-refractivity contribution in [2.24, 2.45) is 5.92 Å². The maximum absolute atomic E-state index is 5.86. The van der Waals surface area contributed by atoms with Crippen molar-refractivity contribution in [2.45, 2.75) is 58.2 Å². The second kappa shape index (κ2) is 7.21. The average Bonchev–Trinajstić information content (AvgIpc) is 2.48. The Morgan fingerprint density at radius 1 is 1.25 bits per heavy atom. The fourth-order valence-corrected chi connectivity index (χ4v) is 3.50. The lowest BCUT2D eigenvalue weighted by molar-refractivity contribution is -0.108. The third-order valence-electron chi connectivity index (χ3n) is 5.11. The fourth-order valence-electron chi connectivity index (χ4n) is 3.50. The third kappa shape index (κ3) is 3.73. The van der Waals surface area contributed by atoms with E-state index in [9.17, 15) is 0 Å². The number of hydrogen-bond donors (Lipinski definition) is 1. The Balaban J connectivity index is 2.02. The van der Waals surface area contributed by atoms with Crippen molar-refractivity contribution in [1.82, 2.24) is 10.2 Å². The molecule has 0 aromatic carbocycles. The standard InChI is InChI=1S/C16H32N2O2/c1-5-16(6-2)12-18(15(9-17-16)13(3)4)10-14-11-19-7-8-20-14/h13-15,17H,5-12H2,1-4H3. The van der Waals surface area contributed by atoms with E-state index in [-0.39, 0.29) is 11.6 Å². The predicted molar refractivity (Wildman–Crippen MR) is 82.1 cm³/mol. The van der Waals surface area contributed by atoms with Crippen LogP contribution in [0, 0.1) is 5.92 Å². The SMILES string of the molecule is CCC1(CC)CN(CC2COCCO2)C(C(C)C)CN1. The predicted octanol–water partition coefficient (Wildman–Crippen LogP) is 1.89. The number of nitrogens with zero attached hydrogens (tertiary/aromatic N) is 1. The van der Waals surface area contributed by atoms with E-state index >= 15 is 0 Å². The largest absolute Gasteiger partial charge is 0.376 e. The van der Waals surface area contributed by atoms with Gasteiger partial charge in [-0.05, 0) is 18.8 Å². The second-order valence-corrected chi connectivity index (χ2v) is 6.68. The van der Waals surface area contributed by atoms with Gasteiger partial charge >= 0.3 is 0 Å². The van der Waals surface area contributed by atoms with Gasteiger partial charge in [-0.2, -0.15) is 0 Å². The normalized spacial score (nSPS) is 31.6. The molecule has 2 saturated heterocycles. The molecule has 2 atom stereocenters. The zero-order chi connectivity index (χ0) is 14.6. The van der Waals surface area contributed by atoms with Gasteiger partial charge in [0.15, 0.2) is 0 Å². The van der Waals surface area contributed by atoms with Gasteiger partial charge in [0, 0.05) is 31.2 Å². The molecule has 2 aliphatic rings. The Morgan fingerprint density at radius 3 is 2.55 bits per heavy atom. The van der Waals surface area contributed by atoms with Crippen molar-refractivity contribution >= 4 is 0 Å². The van der Waals surface area contributed by atoms with E-state index in [4.69, 9.17) is 9.47 Å². The lowest BCUT2D eigenvalue weighted by Crippen LogP contribution is -2.66. The third-order valence-corrected chi connectivity index (χ3v) is 5.11. The van der Waals surface area contributed by atoms with Crippen molar-refractivity contribution in [3.63, 3.8) is 0 Å². The summed E-state index contributed by atoms with van der Waals surface area (Å²) in [7, 11) is 0. The lowest BCUT2D eigenvalue weighted by Gasteiger charge is -2.49. The number of ether oxygens (including phenoxy) is 2. The zero-order valence-corrected chi connectivity index (χ0v) is 13.7. The van der Waals surface area contributed by atoms with Crippen molar-refractivity contribution < 1.29 is 9.47 Å². The van der Waals surface area contributed by atoms with Crippen molar-refractivity contribution in [2.75, 3.05) is 39.5 Å². The molecule has 20 heavy (non-hydrogen) atoms. The number of rotatable bonds is 5. The number of piperazine rings is 1. The molecule has 2 aliphatic heterocycles. The molecule has 118 valence electrons. The van der Waals surface area contributed by atoms with Gasteiger partial charge < -0.3 is 14.8 Å². The quantitative estimate of drug-likeness (QED) is 0.836. The van der Waals surface area contributed by atoms with Crippen LogP contribution in [0.4, 0.5) is 0 Å². The van der Waals surface area contributed by atoms with E-state index < -0.39 is 0 Å². The summed E-state index contributed by atoms with van der Waals surface area (Å²) in [6.45, 7) is 14.7. The van der Waals surface area contributed by atoms with E-state index in [1.165, 1.54) is 12.8 Å². The maximum atomic E-state index is 5.86. The highest BCUT2D eigenvalue weighted by Crippen LogP contribution is 2.26. The summed E-state index contributed by atoms with van der Waals surface area (Å²) in [5.74, 6) is 0.665. The van der Waals surface area contributed by atoms with Gasteiger partial charge in [0.05, 0.1) is 25.9 Å². The molecule has 0 aromatic rings. The summed E-state index contributed by atoms with van der Waals surface area (Å²) >= 11 is 0. The van der Waals surface area contributed by atoms with Crippen LogP contribution in [-0.2, 0) is 9.47 Å². The van der Waals surface area contributed by atoms with Gasteiger partial charge in [-0.3, -0.25) is 4.90 Å². The van der Waals surface area contributed by atoms with Gasteiger partial charge in [0.25, 0.3) is 0 Å². The topological polar surface area (TPSA) is 33.7 Å². The van der Waals surface area contributed by atoms with Gasteiger partial charge in [0.1, 0.15) is 0 Å². The molecule has 4 heteroatoms. The van der Waals surface area contributed by atoms with Gasteiger partial charge in [-0.25, -0.2) is 0 Å². The van der Waals surface area contributed by atoms with Crippen LogP contribution in [0.5, 0.6) is 0 Å². The summed E-state index contributed by atoms with van der Waals surface area (Å²) in [6, 6.07) is 0.603. The Hall–Kier alpha value is -0.160. The second-order valence-electron chi connectivity index (χ2n) is 6.68. The van der Waals surface area contributed by atoms with Crippen LogP contribution in [-0.4, -0.2) is 62.0 Å². The zero-order valence-electron chi connectivity index (χ0n) is 13.7. The molecule has 2 unspecified atom stereocenters. The van der Waals surface area contributed by atoms with Crippen molar-refractivity contribution in [1.29, 1.82) is 0 Å². The molecule has 1 N–H and O–H groups in total. The minimum absolute atomic E-state index is 0.245. The summed E-state index contributed by atoms with van der Waals surface area (Å²) in [4.78, 5) is 2.65. The van der Waals surface area contributed by atoms with Gasteiger partial charge in [-0.1, -0.05) is 27.7 Å².